The zero-order valence-corrected chi connectivity index (χ0v) is 16.4. The van der Waals surface area contributed by atoms with Gasteiger partial charge in [-0.25, -0.2) is 13.2 Å². The van der Waals surface area contributed by atoms with Gasteiger partial charge < -0.3 is 10.0 Å². The Hall–Kier alpha value is -2.25. The lowest BCUT2D eigenvalue weighted by Gasteiger charge is -2.32. The molecule has 0 bridgehead atoms. The summed E-state index contributed by atoms with van der Waals surface area (Å²) < 4.78 is 27.5. The number of carboxylic acids is 1. The lowest BCUT2D eigenvalue weighted by atomic mass is 9.98. The summed E-state index contributed by atoms with van der Waals surface area (Å²) in [5.41, 5.74) is 0.740. The predicted octanol–water partition coefficient (Wildman–Crippen LogP) is 4.08. The van der Waals surface area contributed by atoms with E-state index in [1.807, 2.05) is 0 Å². The average Bonchev–Trinajstić information content (AvgIpc) is 2.62. The molecule has 0 atom stereocenters. The number of benzene rings is 2. The molecule has 1 heterocycles. The van der Waals surface area contributed by atoms with Crippen molar-refractivity contribution >= 4 is 39.0 Å². The Morgan fingerprint density at radius 1 is 1.15 bits per heavy atom. The summed E-state index contributed by atoms with van der Waals surface area (Å²) in [6.07, 6.45) is 2.10. The van der Waals surface area contributed by atoms with Crippen LogP contribution in [0.1, 0.15) is 30.1 Å². The van der Waals surface area contributed by atoms with Crippen molar-refractivity contribution < 1.29 is 18.3 Å². The Morgan fingerprint density at radius 3 is 2.37 bits per heavy atom. The van der Waals surface area contributed by atoms with E-state index in [-0.39, 0.29) is 16.1 Å². The number of carboxylic acid groups (broad SMARTS) is 1. The van der Waals surface area contributed by atoms with Crippen LogP contribution in [-0.4, -0.2) is 32.6 Å². The van der Waals surface area contributed by atoms with Crippen LogP contribution in [0.5, 0.6) is 0 Å². The summed E-state index contributed by atoms with van der Waals surface area (Å²) in [6, 6.07) is 10.5. The van der Waals surface area contributed by atoms with Gasteiger partial charge in [-0.05, 0) is 61.2 Å². The summed E-state index contributed by atoms with van der Waals surface area (Å²) in [4.78, 5) is 13.8. The van der Waals surface area contributed by atoms with Crippen LogP contribution in [0.2, 0.25) is 5.02 Å². The maximum atomic E-state index is 12.6. The van der Waals surface area contributed by atoms with Gasteiger partial charge in [0.1, 0.15) is 0 Å². The van der Waals surface area contributed by atoms with Gasteiger partial charge in [0.05, 0.1) is 16.1 Å². The van der Waals surface area contributed by atoms with Crippen molar-refractivity contribution in [3.63, 3.8) is 0 Å². The van der Waals surface area contributed by atoms with Crippen molar-refractivity contribution in [3.8, 4) is 0 Å². The maximum Gasteiger partial charge on any atom is 0.337 e. The van der Waals surface area contributed by atoms with Crippen molar-refractivity contribution in [3.05, 3.63) is 53.1 Å². The van der Waals surface area contributed by atoms with E-state index in [0.717, 1.165) is 31.6 Å². The number of rotatable bonds is 5. The lowest BCUT2D eigenvalue weighted by Crippen LogP contribution is -2.32. The molecule has 144 valence electrons. The van der Waals surface area contributed by atoms with Gasteiger partial charge in [0, 0.05) is 23.8 Å². The van der Waals surface area contributed by atoms with Gasteiger partial charge in [0.25, 0.3) is 10.0 Å². The molecule has 0 unspecified atom stereocenters. The highest BCUT2D eigenvalue weighted by Crippen LogP contribution is 2.29. The number of hydrogen-bond donors (Lipinski definition) is 2. The fourth-order valence-electron chi connectivity index (χ4n) is 3.08. The SMILES string of the molecule is CC1CCN(c2ccc(NS(=O)(=O)c3ccc(Cl)cc3)c(C(=O)O)c2)CC1. The standard InChI is InChI=1S/C19H21ClN2O4S/c1-13-8-10-22(11-9-13)15-4-7-18(17(12-15)19(23)24)21-27(25,26)16-5-2-14(20)3-6-16/h2-7,12-13,21H,8-11H2,1H3,(H,23,24). The molecule has 1 fully saturated rings. The molecule has 0 aliphatic carbocycles. The number of hydrogen-bond acceptors (Lipinski definition) is 4. The Morgan fingerprint density at radius 2 is 1.78 bits per heavy atom. The number of nitrogens with one attached hydrogen (secondary N) is 1. The highest BCUT2D eigenvalue weighted by Gasteiger charge is 2.21. The zero-order chi connectivity index (χ0) is 19.6. The molecular formula is C19H21ClN2O4S. The maximum absolute atomic E-state index is 12.6. The predicted molar refractivity (Wildman–Crippen MR) is 106 cm³/mol. The molecule has 27 heavy (non-hydrogen) atoms. The van der Waals surface area contributed by atoms with Gasteiger partial charge in [-0.15, -0.1) is 0 Å². The highest BCUT2D eigenvalue weighted by atomic mass is 35.5. The summed E-state index contributed by atoms with van der Waals surface area (Å²) in [5, 5.41) is 9.98. The Bertz CT molecular complexity index is 937. The minimum absolute atomic E-state index is 0.0114. The smallest absolute Gasteiger partial charge is 0.337 e. The largest absolute Gasteiger partial charge is 0.478 e. The minimum atomic E-state index is -3.92. The first-order valence-electron chi connectivity index (χ1n) is 8.67. The van der Waals surface area contributed by atoms with Crippen LogP contribution in [0.3, 0.4) is 0 Å². The number of carbonyl (C=O) groups is 1. The molecule has 2 aromatic carbocycles. The fraction of sp³-hybridized carbons (Fsp3) is 0.316. The second-order valence-corrected chi connectivity index (χ2v) is 8.88. The van der Waals surface area contributed by atoms with E-state index in [1.54, 1.807) is 6.07 Å². The molecule has 0 saturated carbocycles. The van der Waals surface area contributed by atoms with Crippen molar-refractivity contribution in [2.45, 2.75) is 24.7 Å². The molecule has 6 nitrogen and oxygen atoms in total. The molecule has 3 rings (SSSR count). The summed E-state index contributed by atoms with van der Waals surface area (Å²) >= 11 is 5.79. The average molecular weight is 409 g/mol. The quantitative estimate of drug-likeness (QED) is 0.778. The van der Waals surface area contributed by atoms with Gasteiger partial charge in [-0.3, -0.25) is 4.72 Å². The topological polar surface area (TPSA) is 86.7 Å². The van der Waals surface area contributed by atoms with Gasteiger partial charge in [0.2, 0.25) is 0 Å². The van der Waals surface area contributed by atoms with Crippen LogP contribution < -0.4 is 9.62 Å². The zero-order valence-electron chi connectivity index (χ0n) is 14.9. The van der Waals surface area contributed by atoms with Crippen molar-refractivity contribution in [2.75, 3.05) is 22.7 Å². The number of aromatic carboxylic acids is 1. The summed E-state index contributed by atoms with van der Waals surface area (Å²) in [5.74, 6) is -0.526. The van der Waals surface area contributed by atoms with E-state index in [4.69, 9.17) is 11.6 Å². The van der Waals surface area contributed by atoms with Crippen LogP contribution in [0.15, 0.2) is 47.4 Å². The molecule has 0 radical (unpaired) electrons. The van der Waals surface area contributed by atoms with Gasteiger partial charge in [-0.2, -0.15) is 0 Å². The van der Waals surface area contributed by atoms with E-state index >= 15 is 0 Å². The lowest BCUT2D eigenvalue weighted by molar-refractivity contribution is 0.0698. The van der Waals surface area contributed by atoms with Gasteiger partial charge in [0.15, 0.2) is 0 Å². The number of piperidine rings is 1. The molecular weight excluding hydrogens is 388 g/mol. The van der Waals surface area contributed by atoms with Crippen LogP contribution in [-0.2, 0) is 10.0 Å². The van der Waals surface area contributed by atoms with E-state index in [9.17, 15) is 18.3 Å². The van der Waals surface area contributed by atoms with Crippen molar-refractivity contribution in [1.82, 2.24) is 0 Å². The molecule has 1 aliphatic heterocycles. The van der Waals surface area contributed by atoms with E-state index in [0.29, 0.717) is 10.9 Å². The summed E-state index contributed by atoms with van der Waals surface area (Å²) in [6.45, 7) is 3.92. The number of nitrogens with zero attached hydrogens (tertiary/aromatic N) is 1. The minimum Gasteiger partial charge on any atom is -0.478 e. The van der Waals surface area contributed by atoms with Crippen LogP contribution in [0.25, 0.3) is 0 Å². The molecule has 0 spiro atoms. The molecule has 2 N–H and O–H groups in total. The van der Waals surface area contributed by atoms with Crippen LogP contribution >= 0.6 is 11.6 Å². The van der Waals surface area contributed by atoms with Crippen molar-refractivity contribution in [1.29, 1.82) is 0 Å². The van der Waals surface area contributed by atoms with Crippen molar-refractivity contribution in [2.24, 2.45) is 5.92 Å². The number of sulfonamides is 1. The first-order chi connectivity index (χ1) is 12.8. The Balaban J connectivity index is 1.89. The number of halogens is 1. The second kappa shape index (κ2) is 7.78. The molecule has 1 saturated heterocycles. The fourth-order valence-corrected chi connectivity index (χ4v) is 4.28. The second-order valence-electron chi connectivity index (χ2n) is 6.76. The third kappa shape index (κ3) is 4.54. The molecule has 0 aromatic heterocycles. The van der Waals surface area contributed by atoms with Gasteiger partial charge in [-0.1, -0.05) is 18.5 Å². The summed E-state index contributed by atoms with van der Waals surface area (Å²) in [7, 11) is -3.92. The highest BCUT2D eigenvalue weighted by molar-refractivity contribution is 7.92. The molecule has 0 amide bonds. The van der Waals surface area contributed by atoms with Crippen LogP contribution in [0, 0.1) is 5.92 Å². The van der Waals surface area contributed by atoms with Crippen LogP contribution in [0.4, 0.5) is 11.4 Å². The Kier molecular flexibility index (Phi) is 5.62. The monoisotopic (exact) mass is 408 g/mol. The third-order valence-corrected chi connectivity index (χ3v) is 6.38. The van der Waals surface area contributed by atoms with Gasteiger partial charge >= 0.3 is 5.97 Å². The normalized spacial score (nSPS) is 15.6. The molecule has 1 aliphatic rings. The Labute approximate surface area is 163 Å². The van der Waals surface area contributed by atoms with E-state index in [2.05, 4.69) is 16.5 Å². The molecule has 2 aromatic rings. The van der Waals surface area contributed by atoms with E-state index in [1.165, 1.54) is 36.4 Å². The first-order valence-corrected chi connectivity index (χ1v) is 10.5. The first kappa shape index (κ1) is 19.5. The number of anilines is 2. The molecule has 8 heteroatoms. The van der Waals surface area contributed by atoms with E-state index < -0.39 is 16.0 Å². The third-order valence-electron chi connectivity index (χ3n) is 4.75.